The van der Waals surface area contributed by atoms with E-state index >= 15 is 0 Å². The van der Waals surface area contributed by atoms with Crippen LogP contribution in [0.4, 0.5) is 28.6 Å². The molecule has 0 spiro atoms. The molecular formula is C90H85N25O10. The summed E-state index contributed by atoms with van der Waals surface area (Å²) >= 11 is 0. The molecule has 35 nitrogen and oxygen atoms in total. The number of nitrogen functional groups attached to an aromatic ring is 1. The number of amides is 4. The van der Waals surface area contributed by atoms with Gasteiger partial charge in [0.1, 0.15) is 51.4 Å². The number of H-pyrrole nitrogens is 1. The van der Waals surface area contributed by atoms with Gasteiger partial charge in [0.05, 0.1) is 147 Å². The normalized spacial score (nSPS) is 10.7. The van der Waals surface area contributed by atoms with Crippen LogP contribution in [0, 0.1) is 0 Å². The van der Waals surface area contributed by atoms with Crippen molar-refractivity contribution >= 4 is 52.2 Å². The van der Waals surface area contributed by atoms with Gasteiger partial charge in [-0.05, 0) is 140 Å². The monoisotopic (exact) mass is 1680 g/mol. The van der Waals surface area contributed by atoms with Gasteiger partial charge in [-0.2, -0.15) is 20.4 Å². The Morgan fingerprint density at radius 1 is 0.344 bits per heavy atom. The Bertz CT molecular complexity index is 6140. The fraction of sp³-hybridized carbons (Fsp3) is 0.156. The molecule has 125 heavy (non-hydrogen) atoms. The third kappa shape index (κ3) is 24.6. The van der Waals surface area contributed by atoms with Crippen LogP contribution < -0.4 is 31.7 Å². The number of carbonyl (C=O) groups excluding carboxylic acids is 4. The maximum atomic E-state index is 13.1. The molecule has 16 rings (SSSR count). The molecule has 16 heterocycles. The number of carbonyl (C=O) groups is 4. The zero-order valence-corrected chi connectivity index (χ0v) is 68.3. The van der Waals surface area contributed by atoms with Crippen LogP contribution in [0.5, 0.6) is 5.88 Å². The first-order chi connectivity index (χ1) is 61.4. The number of nitrogens with two attached hydrogens (primary N) is 1. The lowest BCUT2D eigenvalue weighted by Gasteiger charge is -2.07. The van der Waals surface area contributed by atoms with Crippen LogP contribution >= 0.6 is 0 Å². The van der Waals surface area contributed by atoms with Crippen molar-refractivity contribution in [3.05, 3.63) is 304 Å². The van der Waals surface area contributed by atoms with Crippen molar-refractivity contribution in [2.75, 3.05) is 102 Å². The molecule has 35 heteroatoms. The van der Waals surface area contributed by atoms with Gasteiger partial charge in [0.25, 0.3) is 23.6 Å². The molecule has 0 aromatic carbocycles. The van der Waals surface area contributed by atoms with Crippen LogP contribution in [-0.2, 0) is 43.3 Å². The molecule has 0 fully saturated rings. The minimum absolute atomic E-state index is 0.261. The van der Waals surface area contributed by atoms with E-state index in [1.54, 1.807) is 190 Å². The molecule has 16 aromatic rings. The zero-order valence-electron chi connectivity index (χ0n) is 68.3. The first-order valence-corrected chi connectivity index (χ1v) is 39.1. The number of aromatic nitrogens is 20. The Balaban J connectivity index is 0.000000144. The molecule has 0 aliphatic heterocycles. The highest BCUT2D eigenvalue weighted by Crippen LogP contribution is 2.31. The second kappa shape index (κ2) is 44.8. The van der Waals surface area contributed by atoms with Crippen LogP contribution in [0.3, 0.4) is 0 Å². The van der Waals surface area contributed by atoms with Crippen molar-refractivity contribution in [2.24, 2.45) is 0 Å². The molecule has 0 unspecified atom stereocenters. The molecule has 0 saturated heterocycles. The van der Waals surface area contributed by atoms with Gasteiger partial charge in [-0.15, -0.1) is 0 Å². The van der Waals surface area contributed by atoms with Gasteiger partial charge in [-0.25, -0.2) is 29.9 Å². The summed E-state index contributed by atoms with van der Waals surface area (Å²) in [5.74, 6) is -0.480. The summed E-state index contributed by atoms with van der Waals surface area (Å²) in [4.78, 5) is 103. The maximum absolute atomic E-state index is 13.1. The number of nitrogens with zero attached hydrogens (tertiary/aromatic N) is 19. The zero-order chi connectivity index (χ0) is 86.7. The predicted molar refractivity (Wildman–Crippen MR) is 468 cm³/mol. The summed E-state index contributed by atoms with van der Waals surface area (Å²) in [7, 11) is 6.44. The highest BCUT2D eigenvalue weighted by Gasteiger charge is 2.23. The molecule has 4 amide bonds. The predicted octanol–water partition coefficient (Wildman–Crippen LogP) is 12.7. The van der Waals surface area contributed by atoms with E-state index < -0.39 is 0 Å². The van der Waals surface area contributed by atoms with Crippen molar-refractivity contribution in [3.63, 3.8) is 0 Å². The van der Waals surface area contributed by atoms with Gasteiger partial charge in [0, 0.05) is 130 Å². The van der Waals surface area contributed by atoms with E-state index in [4.69, 9.17) is 34.2 Å². The van der Waals surface area contributed by atoms with E-state index in [0.29, 0.717) is 180 Å². The summed E-state index contributed by atoms with van der Waals surface area (Å²) in [5, 5.41) is 32.3. The highest BCUT2D eigenvalue weighted by atomic mass is 16.5. The van der Waals surface area contributed by atoms with E-state index in [-0.39, 0.29) is 35.0 Å². The minimum atomic E-state index is -0.363. The molecule has 16 aromatic heterocycles. The van der Waals surface area contributed by atoms with Crippen LogP contribution in [0.15, 0.2) is 281 Å². The van der Waals surface area contributed by atoms with Gasteiger partial charge < -0.3 is 55.4 Å². The smallest absolute Gasteiger partial charge is 0.274 e. The number of rotatable bonds is 32. The Labute approximate surface area is 717 Å². The molecule has 0 bridgehead atoms. The summed E-state index contributed by atoms with van der Waals surface area (Å²) in [6.07, 6.45) is 23.6. The molecule has 0 saturated carbocycles. The Morgan fingerprint density at radius 2 is 0.720 bits per heavy atom. The molecule has 0 aliphatic carbocycles. The van der Waals surface area contributed by atoms with E-state index in [1.807, 2.05) is 133 Å². The van der Waals surface area contributed by atoms with Crippen molar-refractivity contribution < 1.29 is 47.6 Å². The fourth-order valence-electron chi connectivity index (χ4n) is 12.0. The topological polar surface area (TPSA) is 435 Å². The van der Waals surface area contributed by atoms with Crippen LogP contribution in [0.1, 0.15) is 42.0 Å². The second-order valence-corrected chi connectivity index (χ2v) is 26.7. The molecule has 630 valence electrons. The Kier molecular flexibility index (Phi) is 31.1. The number of hydrogen-bond acceptors (Lipinski definition) is 27. The summed E-state index contributed by atoms with van der Waals surface area (Å²) < 4.78 is 36.5. The number of ether oxygens (including phenoxy) is 6. The number of aromatic amines is 1. The lowest BCUT2D eigenvalue weighted by Crippen LogP contribution is -2.14. The van der Waals surface area contributed by atoms with Gasteiger partial charge in [-0.1, -0.05) is 48.5 Å². The number of hydrogen-bond donors (Lipinski definition) is 6. The first-order valence-electron chi connectivity index (χ1n) is 39.1. The van der Waals surface area contributed by atoms with E-state index in [2.05, 4.69) is 107 Å². The molecule has 0 atom stereocenters. The van der Waals surface area contributed by atoms with E-state index in [0.717, 1.165) is 22.3 Å². The third-order valence-corrected chi connectivity index (χ3v) is 18.1. The number of methoxy groups -OCH3 is 4. The van der Waals surface area contributed by atoms with Gasteiger partial charge in [-0.3, -0.25) is 68.2 Å². The minimum Gasteiger partial charge on any atom is -0.481 e. The number of pyridine rings is 12. The first kappa shape index (κ1) is 86.8. The van der Waals surface area contributed by atoms with Crippen molar-refractivity contribution in [3.8, 4) is 96.5 Å². The second-order valence-electron chi connectivity index (χ2n) is 26.7. The fourth-order valence-corrected chi connectivity index (χ4v) is 12.0. The standard InChI is InChI=1S/C25H26N6O4.C24H25N7O3.C22H20N6O2.C19H14N6O/c1-33-14-15-35-13-12-31-17-22(24(30-31)20-6-3-4-10-26-20)29-25(32)21-8-5-7-19(28-21)18-9-11-27-23(16-18)34-2;1-33-13-14-34-12-11-31-16-21(23(30-31)19-5-2-3-10-26-19)29-24(32)20-7-4-6-18(28-20)17-8-9-22(25)27-15-17;1-30-14-13-28-15-20(21(27-28)18-5-2-3-10-24-18)26-22(29)19-7-4-6-17(25-19)16-8-11-23-12-9-16;26-19(16-6-3-5-14(23-16)13-7-10-20-11-8-13)24-17-12-22-25-18(17)15-4-1-2-9-21-15/h3-11,16-17H,12-15H2,1-2H3,(H,29,32);2-10,15-16H,11-14H2,1H3,(H2,25,27)(H,29,32);2-12,15H,13-14H2,1H3,(H,26,29);1-12H,(H,22,25)(H,24,26). The van der Waals surface area contributed by atoms with Gasteiger partial charge in [0.2, 0.25) is 5.88 Å². The van der Waals surface area contributed by atoms with Crippen molar-refractivity contribution in [1.29, 1.82) is 0 Å². The molecular weight excluding hydrogens is 1590 g/mol. The number of nitrogens with one attached hydrogen (secondary N) is 5. The van der Waals surface area contributed by atoms with E-state index in [1.165, 1.54) is 0 Å². The van der Waals surface area contributed by atoms with Crippen molar-refractivity contribution in [2.45, 2.75) is 19.6 Å². The third-order valence-electron chi connectivity index (χ3n) is 18.1. The van der Waals surface area contributed by atoms with Gasteiger partial charge >= 0.3 is 0 Å². The summed E-state index contributed by atoms with van der Waals surface area (Å²) in [5.41, 5.74) is 20.0. The Hall–Kier alpha value is -16.1. The van der Waals surface area contributed by atoms with Crippen LogP contribution in [0.25, 0.3) is 90.6 Å². The number of anilines is 5. The SMILES string of the molecule is COCCOCCn1cc(NC(=O)c2cccc(-c3ccc(N)nc3)n2)c(-c2ccccn2)n1.COCCOCCn1cc(NC(=O)c2cccc(-c3ccnc(OC)c3)n2)c(-c2ccccn2)n1.COCCn1cc(NC(=O)c2cccc(-c3ccncc3)n2)c(-c2ccccn2)n1.O=C(Nc1cn[nH]c1-c1ccccn1)c1cccc(-c2ccncc2)n1. The average Bonchev–Trinajstić information content (AvgIpc) is 1.71. The Morgan fingerprint density at radius 3 is 1.10 bits per heavy atom. The van der Waals surface area contributed by atoms with Crippen LogP contribution in [-0.4, -0.2) is 198 Å². The molecule has 7 N–H and O–H groups in total. The van der Waals surface area contributed by atoms with E-state index in [9.17, 15) is 19.2 Å². The lowest BCUT2D eigenvalue weighted by molar-refractivity contribution is 0.0654. The maximum Gasteiger partial charge on any atom is 0.274 e. The molecule has 0 aliphatic rings. The lowest BCUT2D eigenvalue weighted by atomic mass is 10.1. The van der Waals surface area contributed by atoms with Crippen LogP contribution in [0.2, 0.25) is 0 Å². The summed E-state index contributed by atoms with van der Waals surface area (Å²) in [6, 6.07) is 57.8. The van der Waals surface area contributed by atoms with Gasteiger partial charge in [0.15, 0.2) is 0 Å². The quantitative estimate of drug-likeness (QED) is 0.0213. The molecule has 0 radical (unpaired) electrons. The highest BCUT2D eigenvalue weighted by molar-refractivity contribution is 6.07. The summed E-state index contributed by atoms with van der Waals surface area (Å²) in [6.45, 7) is 5.05. The average molecular weight is 1680 g/mol. The largest absolute Gasteiger partial charge is 0.481 e. The van der Waals surface area contributed by atoms with Crippen molar-refractivity contribution in [1.82, 2.24) is 99.3 Å².